The maximum absolute atomic E-state index is 12.6. The fraction of sp³-hybridized carbons (Fsp3) is 0.167. The van der Waals surface area contributed by atoms with E-state index in [-0.39, 0.29) is 11.8 Å². The minimum absolute atomic E-state index is 0.170. The zero-order chi connectivity index (χ0) is 21.5. The third-order valence-corrected chi connectivity index (χ3v) is 5.75. The number of carbonyl (C=O) groups excluding carboxylic acids is 2. The van der Waals surface area contributed by atoms with Gasteiger partial charge >= 0.3 is 0 Å². The van der Waals surface area contributed by atoms with E-state index >= 15 is 0 Å². The van der Waals surface area contributed by atoms with Crippen molar-refractivity contribution in [1.29, 1.82) is 0 Å². The molecule has 0 unspecified atom stereocenters. The molecule has 0 saturated heterocycles. The number of hydrogen-bond donors (Lipinski definition) is 2. The van der Waals surface area contributed by atoms with Crippen molar-refractivity contribution >= 4 is 40.9 Å². The van der Waals surface area contributed by atoms with Gasteiger partial charge in [0, 0.05) is 33.8 Å². The van der Waals surface area contributed by atoms with E-state index in [2.05, 4.69) is 34.9 Å². The van der Waals surface area contributed by atoms with Crippen LogP contribution in [-0.4, -0.2) is 18.4 Å². The molecule has 6 heteroatoms. The van der Waals surface area contributed by atoms with E-state index < -0.39 is 0 Å². The molecular weight excluding hydrogens is 416 g/mol. The number of benzene rings is 3. The normalized spacial score (nSPS) is 10.5. The van der Waals surface area contributed by atoms with Gasteiger partial charge in [-0.2, -0.15) is 0 Å². The number of hydrogen-bond acceptors (Lipinski definition) is 3. The Kier molecular flexibility index (Phi) is 7.55. The van der Waals surface area contributed by atoms with Crippen LogP contribution in [0.2, 0.25) is 5.02 Å². The van der Waals surface area contributed by atoms with Crippen molar-refractivity contribution in [2.75, 3.05) is 11.9 Å². The highest BCUT2D eigenvalue weighted by Crippen LogP contribution is 2.34. The lowest BCUT2D eigenvalue weighted by molar-refractivity contribution is -0.114. The van der Waals surface area contributed by atoms with E-state index in [1.54, 1.807) is 12.1 Å². The molecule has 0 heterocycles. The summed E-state index contributed by atoms with van der Waals surface area (Å²) >= 11 is 7.44. The van der Waals surface area contributed by atoms with Crippen LogP contribution in [0.15, 0.2) is 76.5 Å². The molecule has 0 aliphatic carbocycles. The number of aryl methyl sites for hydroxylation is 1. The standard InChI is InChI=1S/C24H23ClN2O2S/c1-16-3-5-18(6-4-16)13-14-26-24(29)19-7-12-23(22(15-19)27-17(2)28)30-21-10-8-20(25)9-11-21/h3-12,15H,13-14H2,1-2H3,(H,26,29)(H,27,28). The zero-order valence-corrected chi connectivity index (χ0v) is 18.4. The number of nitrogens with one attached hydrogen (secondary N) is 2. The van der Waals surface area contributed by atoms with Gasteiger partial charge in [0.15, 0.2) is 0 Å². The van der Waals surface area contributed by atoms with Crippen LogP contribution in [0.25, 0.3) is 0 Å². The molecule has 3 aromatic rings. The number of anilines is 1. The Balaban J connectivity index is 1.69. The van der Waals surface area contributed by atoms with Crippen molar-refractivity contribution < 1.29 is 9.59 Å². The van der Waals surface area contributed by atoms with Gasteiger partial charge in [-0.05, 0) is 61.4 Å². The molecule has 2 N–H and O–H groups in total. The second-order valence-electron chi connectivity index (χ2n) is 6.94. The average Bonchev–Trinajstić information content (AvgIpc) is 2.72. The van der Waals surface area contributed by atoms with Crippen LogP contribution in [0, 0.1) is 6.92 Å². The Hall–Kier alpha value is -2.76. The van der Waals surface area contributed by atoms with Crippen molar-refractivity contribution in [3.63, 3.8) is 0 Å². The fourth-order valence-electron chi connectivity index (χ4n) is 2.85. The van der Waals surface area contributed by atoms with E-state index in [1.165, 1.54) is 29.8 Å². The van der Waals surface area contributed by atoms with Crippen LogP contribution in [0.3, 0.4) is 0 Å². The van der Waals surface area contributed by atoms with Crippen LogP contribution in [-0.2, 0) is 11.2 Å². The Morgan fingerprint density at radius 3 is 2.33 bits per heavy atom. The third kappa shape index (κ3) is 6.37. The molecule has 0 atom stereocenters. The minimum atomic E-state index is -0.190. The summed E-state index contributed by atoms with van der Waals surface area (Å²) in [6, 6.07) is 21.0. The summed E-state index contributed by atoms with van der Waals surface area (Å²) in [7, 11) is 0. The predicted octanol–water partition coefficient (Wildman–Crippen LogP) is 5.73. The fourth-order valence-corrected chi connectivity index (χ4v) is 3.86. The van der Waals surface area contributed by atoms with Crippen LogP contribution in [0.1, 0.15) is 28.4 Å². The average molecular weight is 439 g/mol. The van der Waals surface area contributed by atoms with Gasteiger partial charge in [0.1, 0.15) is 0 Å². The van der Waals surface area contributed by atoms with Gasteiger partial charge in [0.2, 0.25) is 5.91 Å². The lowest BCUT2D eigenvalue weighted by Crippen LogP contribution is -2.25. The van der Waals surface area contributed by atoms with Gasteiger partial charge in [-0.3, -0.25) is 9.59 Å². The lowest BCUT2D eigenvalue weighted by atomic mass is 10.1. The Labute approximate surface area is 186 Å². The molecule has 0 fully saturated rings. The molecule has 0 aliphatic rings. The quantitative estimate of drug-likeness (QED) is 0.495. The topological polar surface area (TPSA) is 58.2 Å². The van der Waals surface area contributed by atoms with Gasteiger partial charge in [-0.1, -0.05) is 53.2 Å². The summed E-state index contributed by atoms with van der Waals surface area (Å²) in [5, 5.41) is 6.43. The number of halogens is 1. The summed E-state index contributed by atoms with van der Waals surface area (Å²) in [4.78, 5) is 26.1. The summed E-state index contributed by atoms with van der Waals surface area (Å²) < 4.78 is 0. The predicted molar refractivity (Wildman–Crippen MR) is 124 cm³/mol. The lowest BCUT2D eigenvalue weighted by Gasteiger charge is -2.12. The summed E-state index contributed by atoms with van der Waals surface area (Å²) in [6.07, 6.45) is 0.759. The highest BCUT2D eigenvalue weighted by Gasteiger charge is 2.12. The van der Waals surface area contributed by atoms with Gasteiger partial charge in [-0.25, -0.2) is 0 Å². The van der Waals surface area contributed by atoms with Gasteiger partial charge in [0.25, 0.3) is 5.91 Å². The van der Waals surface area contributed by atoms with Crippen LogP contribution >= 0.6 is 23.4 Å². The second-order valence-corrected chi connectivity index (χ2v) is 8.49. The molecule has 0 radical (unpaired) electrons. The highest BCUT2D eigenvalue weighted by atomic mass is 35.5. The third-order valence-electron chi connectivity index (χ3n) is 4.41. The molecule has 0 aliphatic heterocycles. The number of amides is 2. The summed E-state index contributed by atoms with van der Waals surface area (Å²) in [5.74, 6) is -0.360. The molecule has 2 amide bonds. The summed E-state index contributed by atoms with van der Waals surface area (Å²) in [6.45, 7) is 4.04. The first-order valence-corrected chi connectivity index (χ1v) is 10.8. The zero-order valence-electron chi connectivity index (χ0n) is 16.9. The van der Waals surface area contributed by atoms with E-state index in [1.807, 2.05) is 37.3 Å². The first kappa shape index (κ1) is 21.9. The van der Waals surface area contributed by atoms with Crippen molar-refractivity contribution in [3.8, 4) is 0 Å². The molecule has 3 aromatic carbocycles. The first-order chi connectivity index (χ1) is 14.4. The van der Waals surface area contributed by atoms with Crippen LogP contribution in [0.4, 0.5) is 5.69 Å². The Morgan fingerprint density at radius 2 is 1.67 bits per heavy atom. The van der Waals surface area contributed by atoms with E-state index in [0.29, 0.717) is 22.8 Å². The largest absolute Gasteiger partial charge is 0.352 e. The smallest absolute Gasteiger partial charge is 0.251 e. The van der Waals surface area contributed by atoms with E-state index in [4.69, 9.17) is 11.6 Å². The highest BCUT2D eigenvalue weighted by molar-refractivity contribution is 7.99. The van der Waals surface area contributed by atoms with Crippen molar-refractivity contribution in [2.24, 2.45) is 0 Å². The SMILES string of the molecule is CC(=O)Nc1cc(C(=O)NCCc2ccc(C)cc2)ccc1Sc1ccc(Cl)cc1. The monoisotopic (exact) mass is 438 g/mol. The summed E-state index contributed by atoms with van der Waals surface area (Å²) in [5.41, 5.74) is 3.50. The molecular formula is C24H23ClN2O2S. The number of rotatable bonds is 7. The van der Waals surface area contributed by atoms with Gasteiger partial charge in [-0.15, -0.1) is 0 Å². The Morgan fingerprint density at radius 1 is 0.967 bits per heavy atom. The molecule has 0 saturated carbocycles. The molecule has 0 spiro atoms. The first-order valence-electron chi connectivity index (χ1n) is 9.59. The molecule has 4 nitrogen and oxygen atoms in total. The maximum Gasteiger partial charge on any atom is 0.251 e. The van der Waals surface area contributed by atoms with E-state index in [9.17, 15) is 9.59 Å². The van der Waals surface area contributed by atoms with E-state index in [0.717, 1.165) is 16.2 Å². The van der Waals surface area contributed by atoms with Gasteiger partial charge < -0.3 is 10.6 Å². The molecule has 0 bridgehead atoms. The molecule has 154 valence electrons. The van der Waals surface area contributed by atoms with Crippen LogP contribution in [0.5, 0.6) is 0 Å². The van der Waals surface area contributed by atoms with Gasteiger partial charge in [0.05, 0.1) is 5.69 Å². The van der Waals surface area contributed by atoms with Crippen molar-refractivity contribution in [2.45, 2.75) is 30.1 Å². The molecule has 3 rings (SSSR count). The maximum atomic E-state index is 12.6. The molecule has 30 heavy (non-hydrogen) atoms. The minimum Gasteiger partial charge on any atom is -0.352 e. The van der Waals surface area contributed by atoms with Crippen molar-refractivity contribution in [3.05, 3.63) is 88.4 Å². The second kappa shape index (κ2) is 10.3. The van der Waals surface area contributed by atoms with Crippen LogP contribution < -0.4 is 10.6 Å². The number of carbonyl (C=O) groups is 2. The van der Waals surface area contributed by atoms with Crippen molar-refractivity contribution in [1.82, 2.24) is 5.32 Å². The molecule has 0 aromatic heterocycles. The Bertz CT molecular complexity index is 1030.